The molecule has 0 aromatic heterocycles. The molecule has 0 nitrogen and oxygen atoms in total. The predicted molar refractivity (Wildman–Crippen MR) is 125 cm³/mol. The Labute approximate surface area is 191 Å². The zero-order chi connectivity index (χ0) is 23.1. The van der Waals surface area contributed by atoms with Crippen LogP contribution in [0.15, 0.2) is 30.4 Å². The van der Waals surface area contributed by atoms with Crippen LogP contribution >= 0.6 is 0 Å². The molecule has 2 saturated carbocycles. The van der Waals surface area contributed by atoms with Gasteiger partial charge in [-0.05, 0) is 92.6 Å². The molecule has 0 amide bonds. The minimum atomic E-state index is -4.69. The summed E-state index contributed by atoms with van der Waals surface area (Å²) in [7, 11) is 0. The van der Waals surface area contributed by atoms with Crippen LogP contribution in [-0.4, -0.2) is 0 Å². The molecule has 0 atom stereocenters. The van der Waals surface area contributed by atoms with Gasteiger partial charge in [0, 0.05) is 0 Å². The van der Waals surface area contributed by atoms with E-state index >= 15 is 4.39 Å². The Balaban J connectivity index is 1.61. The lowest BCUT2D eigenvalue weighted by atomic mass is 9.76. The lowest BCUT2D eigenvalue weighted by Gasteiger charge is -2.29. The maximum absolute atomic E-state index is 15.0. The van der Waals surface area contributed by atoms with Crippen LogP contribution < -0.4 is 0 Å². The molecule has 3 rings (SSSR count). The van der Waals surface area contributed by atoms with E-state index in [1.807, 2.05) is 6.92 Å². The van der Waals surface area contributed by atoms with Gasteiger partial charge < -0.3 is 0 Å². The SMILES string of the molecule is CCC=Cc1ccc(C2CCC(C=CC3CCC(CCC)CC3)CC2)c(F)c1C(F)(F)F. The first-order valence-electron chi connectivity index (χ1n) is 12.6. The lowest BCUT2D eigenvalue weighted by Crippen LogP contribution is -2.17. The monoisotopic (exact) mass is 450 g/mol. The second-order valence-electron chi connectivity index (χ2n) is 9.81. The van der Waals surface area contributed by atoms with Crippen molar-refractivity contribution in [2.75, 3.05) is 0 Å². The highest BCUT2D eigenvalue weighted by Crippen LogP contribution is 2.42. The largest absolute Gasteiger partial charge is 0.419 e. The predicted octanol–water partition coefficient (Wildman–Crippen LogP) is 9.70. The fraction of sp³-hybridized carbons (Fsp3) is 0.643. The zero-order valence-electron chi connectivity index (χ0n) is 19.6. The third-order valence-corrected chi connectivity index (χ3v) is 7.48. The van der Waals surface area contributed by atoms with E-state index in [4.69, 9.17) is 0 Å². The molecule has 32 heavy (non-hydrogen) atoms. The molecule has 1 aromatic carbocycles. The van der Waals surface area contributed by atoms with E-state index in [0.717, 1.165) is 31.6 Å². The molecule has 4 heteroatoms. The molecule has 2 fully saturated rings. The van der Waals surface area contributed by atoms with Crippen molar-refractivity contribution in [3.63, 3.8) is 0 Å². The Morgan fingerprint density at radius 3 is 2.00 bits per heavy atom. The number of hydrogen-bond acceptors (Lipinski definition) is 0. The third kappa shape index (κ3) is 6.48. The van der Waals surface area contributed by atoms with Crippen LogP contribution in [0.4, 0.5) is 17.6 Å². The molecule has 0 spiro atoms. The average Bonchev–Trinajstić information content (AvgIpc) is 2.77. The molecule has 0 heterocycles. The van der Waals surface area contributed by atoms with Gasteiger partial charge in [-0.15, -0.1) is 0 Å². The first kappa shape index (κ1) is 25.1. The van der Waals surface area contributed by atoms with Gasteiger partial charge in [0.05, 0.1) is 5.56 Å². The van der Waals surface area contributed by atoms with E-state index in [-0.39, 0.29) is 17.0 Å². The minimum Gasteiger partial charge on any atom is -0.206 e. The Bertz CT molecular complexity index is 773. The molecule has 178 valence electrons. The van der Waals surface area contributed by atoms with Crippen molar-refractivity contribution in [2.24, 2.45) is 17.8 Å². The van der Waals surface area contributed by atoms with Crippen LogP contribution in [0.3, 0.4) is 0 Å². The number of rotatable bonds is 7. The molecule has 0 N–H and O–H groups in total. The van der Waals surface area contributed by atoms with Crippen LogP contribution in [-0.2, 0) is 6.18 Å². The molecule has 2 aliphatic rings. The summed E-state index contributed by atoms with van der Waals surface area (Å²) in [5, 5.41) is 0. The zero-order valence-corrected chi connectivity index (χ0v) is 19.6. The van der Waals surface area contributed by atoms with Crippen LogP contribution in [0.5, 0.6) is 0 Å². The van der Waals surface area contributed by atoms with Gasteiger partial charge in [0.15, 0.2) is 0 Å². The van der Waals surface area contributed by atoms with Crippen molar-refractivity contribution in [3.8, 4) is 0 Å². The maximum atomic E-state index is 15.0. The molecule has 0 radical (unpaired) electrons. The van der Waals surface area contributed by atoms with Crippen LogP contribution in [0.25, 0.3) is 6.08 Å². The number of benzene rings is 1. The van der Waals surface area contributed by atoms with Crippen molar-refractivity contribution in [1.29, 1.82) is 0 Å². The number of halogens is 4. The van der Waals surface area contributed by atoms with Crippen LogP contribution in [0, 0.1) is 23.6 Å². The van der Waals surface area contributed by atoms with E-state index in [9.17, 15) is 13.2 Å². The van der Waals surface area contributed by atoms with Crippen molar-refractivity contribution >= 4 is 6.08 Å². The van der Waals surface area contributed by atoms with Crippen molar-refractivity contribution in [3.05, 3.63) is 52.9 Å². The van der Waals surface area contributed by atoms with Crippen molar-refractivity contribution in [2.45, 2.75) is 96.6 Å². The summed E-state index contributed by atoms with van der Waals surface area (Å²) < 4.78 is 55.9. The Kier molecular flexibility index (Phi) is 9.02. The van der Waals surface area contributed by atoms with E-state index in [0.29, 0.717) is 18.3 Å². The summed E-state index contributed by atoms with van der Waals surface area (Å²) in [6.45, 7) is 4.11. The van der Waals surface area contributed by atoms with Crippen LogP contribution in [0.2, 0.25) is 0 Å². The Morgan fingerprint density at radius 1 is 0.875 bits per heavy atom. The fourth-order valence-corrected chi connectivity index (χ4v) is 5.61. The van der Waals surface area contributed by atoms with Gasteiger partial charge in [-0.25, -0.2) is 4.39 Å². The molecule has 1 aromatic rings. The number of hydrogen-bond donors (Lipinski definition) is 0. The summed E-state index contributed by atoms with van der Waals surface area (Å²) in [4.78, 5) is 0. The van der Waals surface area contributed by atoms with Gasteiger partial charge >= 0.3 is 6.18 Å². The number of alkyl halides is 3. The average molecular weight is 451 g/mol. The summed E-state index contributed by atoms with van der Waals surface area (Å²) >= 11 is 0. The number of allylic oxidation sites excluding steroid dienone is 3. The lowest BCUT2D eigenvalue weighted by molar-refractivity contribution is -0.140. The maximum Gasteiger partial charge on any atom is 0.419 e. The highest BCUT2D eigenvalue weighted by Gasteiger charge is 2.38. The molecule has 0 aliphatic heterocycles. The quantitative estimate of drug-likeness (QED) is 0.286. The topological polar surface area (TPSA) is 0 Å². The van der Waals surface area contributed by atoms with E-state index < -0.39 is 17.6 Å². The molecular weight excluding hydrogens is 412 g/mol. The van der Waals surface area contributed by atoms with Gasteiger partial charge in [0.2, 0.25) is 0 Å². The standard InChI is InChI=1S/C28H38F4/c1-3-5-7-24-18-19-25(27(29)26(24)28(30,31)32)23-16-14-22(15-17-23)13-12-21-10-8-20(6-4-2)9-11-21/h5,7,12-13,18-23H,3-4,6,8-11,14-17H2,1-2H3. The first-order valence-corrected chi connectivity index (χ1v) is 12.6. The van der Waals surface area contributed by atoms with E-state index in [1.165, 1.54) is 50.7 Å². The second-order valence-corrected chi connectivity index (χ2v) is 9.81. The van der Waals surface area contributed by atoms with Gasteiger partial charge in [-0.2, -0.15) is 13.2 Å². The summed E-state index contributed by atoms with van der Waals surface area (Å²) in [6.07, 6.45) is 14.9. The smallest absolute Gasteiger partial charge is 0.206 e. The normalized spacial score (nSPS) is 27.4. The molecule has 0 saturated heterocycles. The summed E-state index contributed by atoms with van der Waals surface area (Å²) in [5.41, 5.74) is -0.950. The van der Waals surface area contributed by atoms with Gasteiger partial charge in [-0.3, -0.25) is 0 Å². The highest BCUT2D eigenvalue weighted by molar-refractivity contribution is 5.56. The second kappa shape index (κ2) is 11.5. The summed E-state index contributed by atoms with van der Waals surface area (Å²) in [6, 6.07) is 3.02. The Morgan fingerprint density at radius 2 is 1.47 bits per heavy atom. The van der Waals surface area contributed by atoms with E-state index in [1.54, 1.807) is 12.1 Å². The third-order valence-electron chi connectivity index (χ3n) is 7.48. The highest BCUT2D eigenvalue weighted by atomic mass is 19.4. The summed E-state index contributed by atoms with van der Waals surface area (Å²) in [5.74, 6) is 0.848. The molecule has 0 bridgehead atoms. The van der Waals surface area contributed by atoms with Gasteiger partial charge in [-0.1, -0.05) is 63.1 Å². The minimum absolute atomic E-state index is 0.0779. The van der Waals surface area contributed by atoms with E-state index in [2.05, 4.69) is 19.1 Å². The molecule has 2 aliphatic carbocycles. The van der Waals surface area contributed by atoms with Crippen molar-refractivity contribution < 1.29 is 17.6 Å². The van der Waals surface area contributed by atoms with Gasteiger partial charge in [0.25, 0.3) is 0 Å². The molecular formula is C28H38F4. The Hall–Kier alpha value is -1.58. The van der Waals surface area contributed by atoms with Crippen molar-refractivity contribution in [1.82, 2.24) is 0 Å². The molecule has 0 unspecified atom stereocenters. The van der Waals surface area contributed by atoms with Gasteiger partial charge in [0.1, 0.15) is 5.82 Å². The first-order chi connectivity index (χ1) is 15.3. The fourth-order valence-electron chi connectivity index (χ4n) is 5.61. The van der Waals surface area contributed by atoms with Crippen LogP contribution in [0.1, 0.15) is 107 Å².